The number of hydrogen-bond acceptors (Lipinski definition) is 10. The van der Waals surface area contributed by atoms with Crippen molar-refractivity contribution in [3.8, 4) is 0 Å². The fraction of sp³-hybridized carbons (Fsp3) is 0.500. The van der Waals surface area contributed by atoms with Gasteiger partial charge in [0, 0.05) is 37.4 Å². The number of hydrogen-bond donors (Lipinski definition) is 5. The van der Waals surface area contributed by atoms with E-state index in [1.807, 2.05) is 35.2 Å². The number of nitro benzene ring substituents is 1. The van der Waals surface area contributed by atoms with Crippen molar-refractivity contribution in [1.82, 2.24) is 4.90 Å². The number of likely N-dealkylation sites (tertiary alicyclic amines) is 1. The molecule has 5 rings (SSSR count). The topological polar surface area (TPSA) is 160 Å². The third kappa shape index (κ3) is 5.05. The van der Waals surface area contributed by atoms with Crippen molar-refractivity contribution in [2.24, 2.45) is 5.92 Å². The molecule has 0 bridgehead atoms. The number of nitrogens with zero attached hydrogens (tertiary/aromatic N) is 3. The summed E-state index contributed by atoms with van der Waals surface area (Å²) in [5.41, 5.74) is 2.85. The molecule has 11 nitrogen and oxygen atoms in total. The van der Waals surface area contributed by atoms with E-state index in [2.05, 4.69) is 5.32 Å². The number of piperidine rings is 2. The lowest BCUT2D eigenvalue weighted by molar-refractivity contribution is -0.383. The highest BCUT2D eigenvalue weighted by atomic mass is 16.6. The lowest BCUT2D eigenvalue weighted by Crippen LogP contribution is -2.62. The fourth-order valence-corrected chi connectivity index (χ4v) is 5.74. The number of carbonyl (C=O) groups excluding carboxylic acids is 1. The van der Waals surface area contributed by atoms with Crippen LogP contribution in [0.3, 0.4) is 0 Å². The zero-order valence-electron chi connectivity index (χ0n) is 20.3. The standard InChI is InChI=1S/C26H32N4O7/c31-13-19-7-17-8-21(17)29(19)18-5-6-20(22(9-18)30(36)37)27-10-15-1-3-16(4-2-15)11-28-12-24(33)26(35)25(34)23(28)14-32/h1-6,9,13,17,19,21,23-27,32-35H,7-8,10-12,14H2/t17-,19+,21+,23+,24-,25+,26+/m0/s1. The number of nitro groups is 1. The second-order valence-corrected chi connectivity index (χ2v) is 10.3. The van der Waals surface area contributed by atoms with Crippen molar-refractivity contribution in [3.63, 3.8) is 0 Å². The van der Waals surface area contributed by atoms with Gasteiger partial charge in [-0.2, -0.15) is 0 Å². The van der Waals surface area contributed by atoms with E-state index in [-0.39, 0.29) is 24.9 Å². The molecule has 2 aromatic carbocycles. The molecule has 1 aliphatic carbocycles. The van der Waals surface area contributed by atoms with Gasteiger partial charge in [-0.25, -0.2) is 0 Å². The number of β-amino-alcohol motifs (C(OH)–C–C–N with tert-alkyl or cyclic N) is 1. The Morgan fingerprint density at radius 2 is 1.78 bits per heavy atom. The minimum atomic E-state index is -1.30. The van der Waals surface area contributed by atoms with Gasteiger partial charge in [-0.3, -0.25) is 15.0 Å². The maximum Gasteiger partial charge on any atom is 0.294 e. The molecular weight excluding hydrogens is 480 g/mol. The summed E-state index contributed by atoms with van der Waals surface area (Å²) < 4.78 is 0. The average molecular weight is 513 g/mol. The molecule has 11 heteroatoms. The first-order valence-electron chi connectivity index (χ1n) is 12.5. The van der Waals surface area contributed by atoms with Crippen LogP contribution in [0.25, 0.3) is 0 Å². The van der Waals surface area contributed by atoms with E-state index >= 15 is 0 Å². The molecule has 5 N–H and O–H groups in total. The molecule has 0 aromatic heterocycles. The number of nitrogens with one attached hydrogen (secondary N) is 1. The number of fused-ring (bicyclic) bond motifs is 1. The summed E-state index contributed by atoms with van der Waals surface area (Å²) in [5.74, 6) is 0.501. The predicted octanol–water partition coefficient (Wildman–Crippen LogP) is 0.632. The molecule has 7 atom stereocenters. The molecule has 37 heavy (non-hydrogen) atoms. The van der Waals surface area contributed by atoms with E-state index < -0.39 is 29.3 Å². The molecule has 2 heterocycles. The average Bonchev–Trinajstić information content (AvgIpc) is 3.56. The van der Waals surface area contributed by atoms with Crippen molar-refractivity contribution in [3.05, 3.63) is 63.7 Å². The van der Waals surface area contributed by atoms with E-state index in [4.69, 9.17) is 0 Å². The van der Waals surface area contributed by atoms with Gasteiger partial charge in [0.05, 0.1) is 29.7 Å². The van der Waals surface area contributed by atoms with E-state index in [0.717, 1.165) is 30.3 Å². The summed E-state index contributed by atoms with van der Waals surface area (Å²) in [7, 11) is 0. The second kappa shape index (κ2) is 10.3. The normalized spacial score (nSPS) is 31.1. The SMILES string of the molecule is O=C[C@H]1C[C@H]2C[C@H]2N1c1ccc(NCc2ccc(CN3C[C@H](O)[C@@H](O)[C@H](O)[C@H]3CO)cc2)c([N+](=O)[O-])c1. The molecule has 3 fully saturated rings. The van der Waals surface area contributed by atoms with Crippen LogP contribution in [0.2, 0.25) is 0 Å². The Morgan fingerprint density at radius 3 is 2.46 bits per heavy atom. The van der Waals surface area contributed by atoms with Crippen molar-refractivity contribution < 1.29 is 30.1 Å². The Labute approximate surface area is 214 Å². The van der Waals surface area contributed by atoms with Gasteiger partial charge in [0.1, 0.15) is 24.2 Å². The van der Waals surface area contributed by atoms with Gasteiger partial charge in [-0.05, 0) is 42.0 Å². The summed E-state index contributed by atoms with van der Waals surface area (Å²) in [6.45, 7) is 0.503. The number of benzene rings is 2. The second-order valence-electron chi connectivity index (χ2n) is 10.3. The van der Waals surface area contributed by atoms with Gasteiger partial charge in [0.25, 0.3) is 5.69 Å². The zero-order chi connectivity index (χ0) is 26.3. The van der Waals surface area contributed by atoms with Gasteiger partial charge in [-0.15, -0.1) is 0 Å². The van der Waals surface area contributed by atoms with E-state index in [9.17, 15) is 35.3 Å². The molecule has 3 aliphatic rings. The smallest absolute Gasteiger partial charge is 0.294 e. The maximum absolute atomic E-state index is 11.8. The van der Waals surface area contributed by atoms with Crippen molar-refractivity contribution in [2.45, 2.75) is 62.4 Å². The largest absolute Gasteiger partial charge is 0.395 e. The number of anilines is 2. The summed E-state index contributed by atoms with van der Waals surface area (Å²) in [4.78, 5) is 26.6. The zero-order valence-corrected chi connectivity index (χ0v) is 20.3. The summed E-state index contributed by atoms with van der Waals surface area (Å²) in [6.07, 6.45) is -0.900. The van der Waals surface area contributed by atoms with Crippen LogP contribution in [0, 0.1) is 16.0 Å². The van der Waals surface area contributed by atoms with Crippen LogP contribution in [-0.4, -0.2) is 86.1 Å². The number of aliphatic hydroxyl groups is 4. The first-order valence-corrected chi connectivity index (χ1v) is 12.5. The third-order valence-corrected chi connectivity index (χ3v) is 7.88. The van der Waals surface area contributed by atoms with E-state index in [1.54, 1.807) is 17.0 Å². The van der Waals surface area contributed by atoms with Gasteiger partial charge >= 0.3 is 0 Å². The Hall–Kier alpha value is -3.09. The molecule has 0 spiro atoms. The summed E-state index contributed by atoms with van der Waals surface area (Å²) in [5, 5.41) is 54.6. The Kier molecular flexibility index (Phi) is 7.15. The third-order valence-electron chi connectivity index (χ3n) is 7.88. The fourth-order valence-electron chi connectivity index (χ4n) is 5.74. The Morgan fingerprint density at radius 1 is 1.05 bits per heavy atom. The van der Waals surface area contributed by atoms with Crippen molar-refractivity contribution in [1.29, 1.82) is 0 Å². The Bertz CT molecular complexity index is 1150. The minimum absolute atomic E-state index is 0.0395. The molecule has 0 amide bonds. The molecule has 2 aliphatic heterocycles. The molecular formula is C26H32N4O7. The maximum atomic E-state index is 11.8. The lowest BCUT2D eigenvalue weighted by atomic mass is 9.93. The van der Waals surface area contributed by atoms with Crippen molar-refractivity contribution in [2.75, 3.05) is 23.4 Å². The highest BCUT2D eigenvalue weighted by Crippen LogP contribution is 2.50. The van der Waals surface area contributed by atoms with Crippen LogP contribution in [0.1, 0.15) is 24.0 Å². The lowest BCUT2D eigenvalue weighted by Gasteiger charge is -2.43. The first kappa shape index (κ1) is 25.6. The highest BCUT2D eigenvalue weighted by Gasteiger charge is 2.52. The quantitative estimate of drug-likeness (QED) is 0.183. The molecule has 2 aromatic rings. The predicted molar refractivity (Wildman–Crippen MR) is 135 cm³/mol. The monoisotopic (exact) mass is 512 g/mol. The van der Waals surface area contributed by atoms with Gasteiger partial charge < -0.3 is 35.4 Å². The van der Waals surface area contributed by atoms with Gasteiger partial charge in [0.2, 0.25) is 0 Å². The van der Waals surface area contributed by atoms with Gasteiger partial charge in [0.15, 0.2) is 0 Å². The first-order chi connectivity index (χ1) is 17.8. The van der Waals surface area contributed by atoms with Crippen LogP contribution in [0.15, 0.2) is 42.5 Å². The highest BCUT2D eigenvalue weighted by molar-refractivity contribution is 5.74. The van der Waals surface area contributed by atoms with Crippen LogP contribution in [0.4, 0.5) is 17.1 Å². The Balaban J connectivity index is 1.24. The van der Waals surface area contributed by atoms with Crippen LogP contribution >= 0.6 is 0 Å². The summed E-state index contributed by atoms with van der Waals surface area (Å²) in [6, 6.07) is 12.0. The van der Waals surface area contributed by atoms with Gasteiger partial charge in [-0.1, -0.05) is 24.3 Å². The molecule has 198 valence electrons. The van der Waals surface area contributed by atoms with E-state index in [1.165, 1.54) is 0 Å². The van der Waals surface area contributed by atoms with Crippen LogP contribution in [0.5, 0.6) is 0 Å². The molecule has 2 saturated heterocycles. The number of aldehydes is 1. The molecule has 1 saturated carbocycles. The molecule has 0 radical (unpaired) electrons. The summed E-state index contributed by atoms with van der Waals surface area (Å²) >= 11 is 0. The minimum Gasteiger partial charge on any atom is -0.395 e. The van der Waals surface area contributed by atoms with Crippen LogP contribution in [-0.2, 0) is 17.9 Å². The van der Waals surface area contributed by atoms with Crippen LogP contribution < -0.4 is 10.2 Å². The number of carbonyl (C=O) groups is 1. The van der Waals surface area contributed by atoms with Crippen molar-refractivity contribution >= 4 is 23.3 Å². The number of rotatable bonds is 9. The molecule has 0 unspecified atom stereocenters. The van der Waals surface area contributed by atoms with E-state index in [0.29, 0.717) is 36.4 Å². The number of aliphatic hydroxyl groups excluding tert-OH is 4.